The Morgan fingerprint density at radius 2 is 1.53 bits per heavy atom. The monoisotopic (exact) mass is 242 g/mol. The van der Waals surface area contributed by atoms with Crippen molar-refractivity contribution in [1.82, 2.24) is 0 Å². The van der Waals surface area contributed by atoms with Crippen LogP contribution < -0.4 is 0 Å². The molecule has 0 saturated carbocycles. The first kappa shape index (κ1) is 20.0. The van der Waals surface area contributed by atoms with Crippen LogP contribution in [-0.2, 0) is 18.8 Å². The molecule has 0 aliphatic rings. The number of carbonyl (C=O) groups excluding carboxylic acids is 1. The average molecular weight is 242 g/mol. The molecule has 0 aromatic rings. The molecular weight excluding hydrogens is 223 g/mol. The number of hydrogen-bond acceptors (Lipinski definition) is 4. The summed E-state index contributed by atoms with van der Waals surface area (Å²) in [7, 11) is -3.13. The minimum absolute atomic E-state index is 0.0370. The molecule has 6 nitrogen and oxygen atoms in total. The smallest absolute Gasteiger partial charge is 0.314 e. The minimum Gasteiger partial charge on any atom is -0.353 e. The van der Waals surface area contributed by atoms with Crippen LogP contribution in [0.5, 0.6) is 0 Å². The van der Waals surface area contributed by atoms with E-state index in [1.807, 2.05) is 20.8 Å². The molecule has 0 spiro atoms. The van der Waals surface area contributed by atoms with Crippen LogP contribution >= 0.6 is 8.25 Å². The van der Waals surface area contributed by atoms with Crippen LogP contribution in [0.25, 0.3) is 0 Å². The molecule has 0 bridgehead atoms. The van der Waals surface area contributed by atoms with E-state index in [0.29, 0.717) is 0 Å². The van der Waals surface area contributed by atoms with E-state index in [9.17, 15) is 0 Å². The van der Waals surface area contributed by atoms with Gasteiger partial charge in [-0.2, -0.15) is 0 Å². The molecule has 0 saturated heterocycles. The molecule has 0 atom stereocenters. The highest BCUT2D eigenvalue weighted by Gasteiger charge is 1.94. The third kappa shape index (κ3) is 58.9. The summed E-state index contributed by atoms with van der Waals surface area (Å²) in [5.74, 6) is 1.25. The second-order valence-corrected chi connectivity index (χ2v) is 2.47. The Kier molecular flexibility index (Phi) is 25.5. The Bertz CT molecular complexity index is 157. The van der Waals surface area contributed by atoms with Crippen LogP contribution in [0.3, 0.4) is 0 Å². The van der Waals surface area contributed by atoms with Crippen LogP contribution in [0.2, 0.25) is 0 Å². The molecule has 0 aromatic heterocycles. The highest BCUT2D eigenvalue weighted by Crippen LogP contribution is 1.98. The fourth-order valence-corrected chi connectivity index (χ4v) is 0.518. The van der Waals surface area contributed by atoms with Crippen molar-refractivity contribution in [3.05, 3.63) is 6.58 Å². The SMILES string of the molecule is C=C=O.CCOC(C)OCC.O=[PH](O)O. The van der Waals surface area contributed by atoms with Crippen LogP contribution in [-0.4, -0.2) is 35.2 Å². The molecule has 7 heteroatoms. The van der Waals surface area contributed by atoms with Gasteiger partial charge in [-0.3, -0.25) is 4.57 Å². The van der Waals surface area contributed by atoms with Gasteiger partial charge in [-0.15, -0.1) is 0 Å². The van der Waals surface area contributed by atoms with Gasteiger partial charge >= 0.3 is 8.25 Å². The van der Waals surface area contributed by atoms with Gasteiger partial charge in [0.25, 0.3) is 0 Å². The second kappa shape index (κ2) is 19.1. The highest BCUT2D eigenvalue weighted by atomic mass is 31.1. The molecule has 0 radical (unpaired) electrons. The Hall–Kier alpha value is -0.480. The first-order chi connectivity index (χ1) is 6.95. The Morgan fingerprint density at radius 1 is 1.33 bits per heavy atom. The van der Waals surface area contributed by atoms with Crippen molar-refractivity contribution in [2.75, 3.05) is 13.2 Å². The van der Waals surface area contributed by atoms with Crippen molar-refractivity contribution in [3.63, 3.8) is 0 Å². The Labute approximate surface area is 90.5 Å². The molecule has 0 aromatic carbocycles. The quantitative estimate of drug-likeness (QED) is 0.429. The van der Waals surface area contributed by atoms with Crippen LogP contribution in [0.15, 0.2) is 6.58 Å². The molecule has 0 heterocycles. The van der Waals surface area contributed by atoms with E-state index in [2.05, 4.69) is 6.58 Å². The highest BCUT2D eigenvalue weighted by molar-refractivity contribution is 7.30. The van der Waals surface area contributed by atoms with E-state index in [0.717, 1.165) is 13.2 Å². The van der Waals surface area contributed by atoms with Gasteiger partial charge in [0.1, 0.15) is 5.94 Å². The normalized spacial score (nSPS) is 8.47. The van der Waals surface area contributed by atoms with E-state index in [-0.39, 0.29) is 6.29 Å². The van der Waals surface area contributed by atoms with E-state index in [4.69, 9.17) is 28.6 Å². The summed E-state index contributed by atoms with van der Waals surface area (Å²) in [5.41, 5.74) is 0. The van der Waals surface area contributed by atoms with Crippen molar-refractivity contribution < 1.29 is 28.6 Å². The molecule has 2 N–H and O–H groups in total. The summed E-state index contributed by atoms with van der Waals surface area (Å²) in [6.07, 6.45) is -0.0370. The predicted molar refractivity (Wildman–Crippen MR) is 57.5 cm³/mol. The lowest BCUT2D eigenvalue weighted by atomic mass is 10.7. The maximum Gasteiger partial charge on any atom is 0.314 e. The van der Waals surface area contributed by atoms with Gasteiger partial charge in [-0.05, 0) is 27.4 Å². The van der Waals surface area contributed by atoms with Crippen molar-refractivity contribution in [3.8, 4) is 0 Å². The molecule has 92 valence electrons. The summed E-state index contributed by atoms with van der Waals surface area (Å²) >= 11 is 0. The van der Waals surface area contributed by atoms with Gasteiger partial charge in [-0.25, -0.2) is 4.79 Å². The van der Waals surface area contributed by atoms with Gasteiger partial charge < -0.3 is 19.3 Å². The molecular formula is C8H19O6P. The lowest BCUT2D eigenvalue weighted by Crippen LogP contribution is -2.11. The third-order valence-electron chi connectivity index (χ3n) is 0.803. The number of rotatable bonds is 4. The van der Waals surface area contributed by atoms with Crippen molar-refractivity contribution in [2.45, 2.75) is 27.1 Å². The summed E-state index contributed by atoms with van der Waals surface area (Å²) in [5, 5.41) is 0. The molecule has 15 heavy (non-hydrogen) atoms. The second-order valence-electron chi connectivity index (χ2n) is 1.91. The zero-order valence-electron chi connectivity index (χ0n) is 9.23. The van der Waals surface area contributed by atoms with Gasteiger partial charge in [0.05, 0.1) is 0 Å². The lowest BCUT2D eigenvalue weighted by Gasteiger charge is -2.09. The molecule has 0 fully saturated rings. The standard InChI is InChI=1S/C6H14O2.C2H2O.H3O3P/c1-4-7-6(3)8-5-2;1-2-3;1-4(2)3/h6H,4-5H2,1-3H3;1H2;4H,(H2,1,2,3). The van der Waals surface area contributed by atoms with Crippen molar-refractivity contribution in [1.29, 1.82) is 0 Å². The summed E-state index contributed by atoms with van der Waals surface area (Å²) in [4.78, 5) is 22.9. The van der Waals surface area contributed by atoms with Crippen LogP contribution in [0.1, 0.15) is 20.8 Å². The van der Waals surface area contributed by atoms with Gasteiger partial charge in [0.2, 0.25) is 0 Å². The lowest BCUT2D eigenvalue weighted by molar-refractivity contribution is -0.123. The Balaban J connectivity index is -0.000000173. The zero-order chi connectivity index (χ0) is 12.7. The topological polar surface area (TPSA) is 93.1 Å². The molecule has 0 amide bonds. The van der Waals surface area contributed by atoms with E-state index in [1.54, 1.807) is 0 Å². The summed E-state index contributed by atoms with van der Waals surface area (Å²) in [6.45, 7) is 9.93. The maximum absolute atomic E-state index is 8.74. The minimum atomic E-state index is -3.13. The summed E-state index contributed by atoms with van der Waals surface area (Å²) < 4.78 is 18.9. The predicted octanol–water partition coefficient (Wildman–Crippen LogP) is 0.770. The number of ether oxygens (including phenoxy) is 2. The Morgan fingerprint density at radius 3 is 1.67 bits per heavy atom. The molecule has 0 rings (SSSR count). The molecule has 0 unspecified atom stereocenters. The van der Waals surface area contributed by atoms with E-state index in [1.165, 1.54) is 5.94 Å². The van der Waals surface area contributed by atoms with Gasteiger partial charge in [-0.1, -0.05) is 0 Å². The summed E-state index contributed by atoms with van der Waals surface area (Å²) in [6, 6.07) is 0. The van der Waals surface area contributed by atoms with E-state index < -0.39 is 8.25 Å². The van der Waals surface area contributed by atoms with Gasteiger partial charge in [0, 0.05) is 13.2 Å². The largest absolute Gasteiger partial charge is 0.353 e. The number of hydrogen-bond donors (Lipinski definition) is 2. The van der Waals surface area contributed by atoms with Crippen molar-refractivity contribution in [2.24, 2.45) is 0 Å². The van der Waals surface area contributed by atoms with Gasteiger partial charge in [0.15, 0.2) is 6.29 Å². The van der Waals surface area contributed by atoms with Crippen LogP contribution in [0.4, 0.5) is 0 Å². The third-order valence-corrected chi connectivity index (χ3v) is 0.803. The zero-order valence-corrected chi connectivity index (χ0v) is 10.2. The average Bonchev–Trinajstić information content (AvgIpc) is 2.05. The fourth-order valence-electron chi connectivity index (χ4n) is 0.518. The molecule has 0 aliphatic heterocycles. The van der Waals surface area contributed by atoms with Crippen molar-refractivity contribution >= 4 is 14.2 Å². The molecule has 0 aliphatic carbocycles. The first-order valence-corrected chi connectivity index (χ1v) is 5.55. The fraction of sp³-hybridized carbons (Fsp3) is 0.750. The maximum atomic E-state index is 8.74. The van der Waals surface area contributed by atoms with E-state index >= 15 is 0 Å². The first-order valence-electron chi connectivity index (χ1n) is 4.25. The van der Waals surface area contributed by atoms with Crippen LogP contribution in [0, 0.1) is 0 Å².